The molecule has 2 N–H and O–H groups in total. The molecule has 1 aliphatic rings. The van der Waals surface area contributed by atoms with Gasteiger partial charge in [0, 0.05) is 47.5 Å². The van der Waals surface area contributed by atoms with E-state index < -0.39 is 0 Å². The normalized spacial score (nSPS) is 18.0. The van der Waals surface area contributed by atoms with Crippen molar-refractivity contribution in [3.05, 3.63) is 0 Å². The molecule has 0 bridgehead atoms. The summed E-state index contributed by atoms with van der Waals surface area (Å²) in [5.41, 5.74) is 0. The van der Waals surface area contributed by atoms with Gasteiger partial charge in [-0.1, -0.05) is 0 Å². The summed E-state index contributed by atoms with van der Waals surface area (Å²) in [6, 6.07) is 0. The quantitative estimate of drug-likeness (QED) is 0.252. The van der Waals surface area contributed by atoms with Crippen LogP contribution < -0.4 is 10.6 Å². The van der Waals surface area contributed by atoms with E-state index >= 15 is 0 Å². The van der Waals surface area contributed by atoms with Crippen LogP contribution in [-0.4, -0.2) is 76.9 Å². The van der Waals surface area contributed by atoms with Crippen molar-refractivity contribution in [2.24, 2.45) is 4.99 Å². The first-order valence-electron chi connectivity index (χ1n) is 7.96. The topological polar surface area (TPSA) is 75.2 Å². The molecule has 1 heterocycles. The molecule has 1 fully saturated rings. The second-order valence-corrected chi connectivity index (χ2v) is 5.60. The maximum atomic E-state index is 11.6. The van der Waals surface area contributed by atoms with Crippen molar-refractivity contribution in [2.45, 2.75) is 31.8 Å². The molecular weight excluding hydrogens is 411 g/mol. The van der Waals surface area contributed by atoms with E-state index in [0.717, 1.165) is 32.4 Å². The Morgan fingerprint density at radius 1 is 1.35 bits per heavy atom. The van der Waals surface area contributed by atoms with Crippen molar-refractivity contribution in [1.82, 2.24) is 15.5 Å². The smallest absolute Gasteiger partial charge is 0.243 e. The number of halogens is 1. The number of rotatable bonds is 8. The first kappa shape index (κ1) is 22.4. The summed E-state index contributed by atoms with van der Waals surface area (Å²) >= 11 is 0. The summed E-state index contributed by atoms with van der Waals surface area (Å²) in [4.78, 5) is 17.5. The van der Waals surface area contributed by atoms with E-state index in [1.807, 2.05) is 0 Å². The Morgan fingerprint density at radius 2 is 2.13 bits per heavy atom. The summed E-state index contributed by atoms with van der Waals surface area (Å²) in [6.45, 7) is 3.13. The van der Waals surface area contributed by atoms with Gasteiger partial charge in [0.2, 0.25) is 5.91 Å². The Morgan fingerprint density at radius 3 is 2.74 bits per heavy atom. The summed E-state index contributed by atoms with van der Waals surface area (Å²) in [6.07, 6.45) is 4.53. The second kappa shape index (κ2) is 13.8. The number of methoxy groups -OCH3 is 1. The lowest BCUT2D eigenvalue weighted by molar-refractivity contribution is -0.127. The third-order valence-electron chi connectivity index (χ3n) is 3.46. The van der Waals surface area contributed by atoms with Crippen molar-refractivity contribution >= 4 is 35.8 Å². The lowest BCUT2D eigenvalue weighted by Crippen LogP contribution is -2.43. The molecule has 0 radical (unpaired) electrons. The summed E-state index contributed by atoms with van der Waals surface area (Å²) < 4.78 is 10.7. The highest BCUT2D eigenvalue weighted by atomic mass is 127. The van der Waals surface area contributed by atoms with Crippen LogP contribution in [0.5, 0.6) is 0 Å². The number of carbonyl (C=O) groups excluding carboxylic acids is 1. The van der Waals surface area contributed by atoms with Gasteiger partial charge in [-0.2, -0.15) is 0 Å². The molecule has 0 aliphatic carbocycles. The number of hydrogen-bond acceptors (Lipinski definition) is 4. The molecule has 0 aromatic rings. The summed E-state index contributed by atoms with van der Waals surface area (Å²) in [7, 11) is 5.14. The molecule has 0 aromatic heterocycles. The Kier molecular flexibility index (Phi) is 13.4. The van der Waals surface area contributed by atoms with E-state index in [1.54, 1.807) is 21.2 Å². The van der Waals surface area contributed by atoms with Crippen LogP contribution in [0.2, 0.25) is 0 Å². The number of carbonyl (C=O) groups is 1. The fourth-order valence-corrected chi connectivity index (χ4v) is 2.06. The highest BCUT2D eigenvalue weighted by Gasteiger charge is 2.14. The van der Waals surface area contributed by atoms with E-state index in [9.17, 15) is 4.79 Å². The SMILES string of the molecule is COCCCNC(=NCC(=O)N(C)C)NCC1CCCCO1.I. The maximum absolute atomic E-state index is 11.6. The fourth-order valence-electron chi connectivity index (χ4n) is 2.06. The first-order chi connectivity index (χ1) is 10.6. The van der Waals surface area contributed by atoms with Crippen LogP contribution in [0.4, 0.5) is 0 Å². The summed E-state index contributed by atoms with van der Waals surface area (Å²) in [5.74, 6) is 0.632. The predicted octanol–water partition coefficient (Wildman–Crippen LogP) is 0.833. The number of nitrogens with zero attached hydrogens (tertiary/aromatic N) is 2. The van der Waals surface area contributed by atoms with Gasteiger partial charge in [-0.15, -0.1) is 24.0 Å². The number of nitrogens with one attached hydrogen (secondary N) is 2. The molecule has 23 heavy (non-hydrogen) atoms. The number of ether oxygens (including phenoxy) is 2. The second-order valence-electron chi connectivity index (χ2n) is 5.60. The van der Waals surface area contributed by atoms with Gasteiger partial charge in [0.25, 0.3) is 0 Å². The lowest BCUT2D eigenvalue weighted by atomic mass is 10.1. The zero-order chi connectivity index (χ0) is 16.2. The van der Waals surface area contributed by atoms with Crippen molar-refractivity contribution in [1.29, 1.82) is 0 Å². The Hall–Kier alpha value is -0.610. The van der Waals surface area contributed by atoms with Gasteiger partial charge < -0.3 is 25.0 Å². The highest BCUT2D eigenvalue weighted by Crippen LogP contribution is 2.11. The van der Waals surface area contributed by atoms with Gasteiger partial charge in [0.05, 0.1) is 6.10 Å². The van der Waals surface area contributed by atoms with Gasteiger partial charge in [-0.3, -0.25) is 4.79 Å². The van der Waals surface area contributed by atoms with Gasteiger partial charge in [0.1, 0.15) is 6.54 Å². The molecule has 136 valence electrons. The van der Waals surface area contributed by atoms with Crippen molar-refractivity contribution < 1.29 is 14.3 Å². The molecule has 1 rings (SSSR count). The number of aliphatic imine (C=N–C) groups is 1. The molecule has 0 spiro atoms. The Balaban J connectivity index is 0.00000484. The average molecular weight is 442 g/mol. The van der Waals surface area contributed by atoms with E-state index in [1.165, 1.54) is 11.3 Å². The van der Waals surface area contributed by atoms with Crippen LogP contribution in [0, 0.1) is 0 Å². The first-order valence-corrected chi connectivity index (χ1v) is 7.96. The number of amides is 1. The zero-order valence-electron chi connectivity index (χ0n) is 14.5. The molecule has 8 heteroatoms. The minimum atomic E-state index is -0.0214. The van der Waals surface area contributed by atoms with Crippen molar-refractivity contribution in [3.8, 4) is 0 Å². The molecule has 1 saturated heterocycles. The third kappa shape index (κ3) is 10.7. The van der Waals surface area contributed by atoms with Gasteiger partial charge in [-0.05, 0) is 25.7 Å². The molecule has 1 unspecified atom stereocenters. The Labute approximate surface area is 156 Å². The summed E-state index contributed by atoms with van der Waals surface area (Å²) in [5, 5.41) is 6.48. The Bertz CT molecular complexity index is 348. The van der Waals surface area contributed by atoms with E-state index in [-0.39, 0.29) is 42.5 Å². The van der Waals surface area contributed by atoms with Crippen molar-refractivity contribution in [2.75, 3.05) is 54.1 Å². The van der Waals surface area contributed by atoms with E-state index in [0.29, 0.717) is 19.1 Å². The monoisotopic (exact) mass is 442 g/mol. The van der Waals surface area contributed by atoms with Gasteiger partial charge >= 0.3 is 0 Å². The third-order valence-corrected chi connectivity index (χ3v) is 3.46. The van der Waals surface area contributed by atoms with E-state index in [2.05, 4.69) is 15.6 Å². The standard InChI is InChI=1S/C15H30N4O3.HI/c1-19(2)14(20)12-18-15(16-8-6-9-21-3)17-11-13-7-4-5-10-22-13;/h13H,4-12H2,1-3H3,(H2,16,17,18);1H. The minimum Gasteiger partial charge on any atom is -0.385 e. The number of likely N-dealkylation sites (N-methyl/N-ethyl adjacent to an activating group) is 1. The lowest BCUT2D eigenvalue weighted by Gasteiger charge is -2.24. The van der Waals surface area contributed by atoms with Crippen LogP contribution in [0.15, 0.2) is 4.99 Å². The van der Waals surface area contributed by atoms with Gasteiger partial charge in [0.15, 0.2) is 5.96 Å². The van der Waals surface area contributed by atoms with Crippen LogP contribution >= 0.6 is 24.0 Å². The molecule has 0 saturated carbocycles. The molecular formula is C15H31IN4O3. The molecule has 1 atom stereocenters. The maximum Gasteiger partial charge on any atom is 0.243 e. The van der Waals surface area contributed by atoms with Gasteiger partial charge in [-0.25, -0.2) is 4.99 Å². The van der Waals surface area contributed by atoms with Crippen LogP contribution in [0.3, 0.4) is 0 Å². The van der Waals surface area contributed by atoms with Crippen molar-refractivity contribution in [3.63, 3.8) is 0 Å². The van der Waals surface area contributed by atoms with E-state index in [4.69, 9.17) is 9.47 Å². The number of guanidine groups is 1. The van der Waals surface area contributed by atoms with Crippen LogP contribution in [0.25, 0.3) is 0 Å². The molecule has 1 aliphatic heterocycles. The number of hydrogen-bond donors (Lipinski definition) is 2. The predicted molar refractivity (Wildman–Crippen MR) is 103 cm³/mol. The molecule has 0 aromatic carbocycles. The molecule has 7 nitrogen and oxygen atoms in total. The fraction of sp³-hybridized carbons (Fsp3) is 0.867. The largest absolute Gasteiger partial charge is 0.385 e. The minimum absolute atomic E-state index is 0. The van der Waals surface area contributed by atoms with Crippen LogP contribution in [-0.2, 0) is 14.3 Å². The van der Waals surface area contributed by atoms with Crippen LogP contribution in [0.1, 0.15) is 25.7 Å². The highest BCUT2D eigenvalue weighted by molar-refractivity contribution is 14.0. The average Bonchev–Trinajstić information content (AvgIpc) is 2.53. The molecule has 1 amide bonds. The zero-order valence-corrected chi connectivity index (χ0v) is 16.8.